The molecular formula is C31H27F4N6O2U-. The molecule has 1 N–H and O–H groups in total. The van der Waals surface area contributed by atoms with Crippen molar-refractivity contribution < 1.29 is 58.5 Å². The van der Waals surface area contributed by atoms with Gasteiger partial charge in [0.15, 0.2) is 5.82 Å². The summed E-state index contributed by atoms with van der Waals surface area (Å²) in [5.74, 6) is 0.675. The second kappa shape index (κ2) is 12.4. The fourth-order valence-corrected chi connectivity index (χ4v) is 6.49. The molecule has 0 bridgehead atoms. The molecule has 0 radical (unpaired) electrons. The third-order valence-electron chi connectivity index (χ3n) is 8.59. The first-order chi connectivity index (χ1) is 20.9. The van der Waals surface area contributed by atoms with Crippen molar-refractivity contribution in [3.8, 4) is 29.6 Å². The van der Waals surface area contributed by atoms with Gasteiger partial charge in [-0.15, -0.1) is 12.8 Å². The Morgan fingerprint density at radius 3 is 2.75 bits per heavy atom. The van der Waals surface area contributed by atoms with Gasteiger partial charge in [-0.25, -0.2) is 23.6 Å². The van der Waals surface area contributed by atoms with Gasteiger partial charge in [0.2, 0.25) is 0 Å². The van der Waals surface area contributed by atoms with E-state index in [1.54, 1.807) is 4.90 Å². The van der Waals surface area contributed by atoms with Gasteiger partial charge in [-0.1, -0.05) is 12.3 Å². The normalized spacial score (nSPS) is 24.6. The van der Waals surface area contributed by atoms with E-state index in [0.717, 1.165) is 19.4 Å². The summed E-state index contributed by atoms with van der Waals surface area (Å²) in [4.78, 5) is 20.2. The standard InChI is InChI=1S/C24H16F3N5O2.C7H11FN.U/c1-2-12-16(25)4-3-11-7-28-8-13(17(11)12)20-19(27)21-14(9-29-20)23(31-24(33)30-21)32-5-6-34-10-15-18(26)22(15)32;8-6-4-7-2-1-3-9(7)5-6;/h1,3-4,7-9,15,18,22H,5-6,10H2,(H,30,31,33);6H,1-5H2;/q;-1;/t15-,18-,22-;6-;/m01./s1. The Labute approximate surface area is 274 Å². The Morgan fingerprint density at radius 2 is 1.95 bits per heavy atom. The molecule has 1 aliphatic carbocycles. The molecule has 226 valence electrons. The number of halogens is 4. The quantitative estimate of drug-likeness (QED) is 0.177. The average molecular weight is 830 g/mol. The van der Waals surface area contributed by atoms with E-state index in [0.29, 0.717) is 25.1 Å². The zero-order chi connectivity index (χ0) is 29.8. The van der Waals surface area contributed by atoms with E-state index in [1.165, 1.54) is 43.2 Å². The molecule has 4 atom stereocenters. The van der Waals surface area contributed by atoms with Crippen LogP contribution in [0.4, 0.5) is 23.4 Å². The minimum Gasteiger partial charge on any atom is -0.479 e. The van der Waals surface area contributed by atoms with Crippen molar-refractivity contribution in [3.05, 3.63) is 54.0 Å². The molecule has 3 aromatic heterocycles. The molecule has 3 aliphatic heterocycles. The van der Waals surface area contributed by atoms with Gasteiger partial charge in [-0.2, -0.15) is 16.4 Å². The molecule has 8 nitrogen and oxygen atoms in total. The molecule has 13 heteroatoms. The fourth-order valence-electron chi connectivity index (χ4n) is 6.49. The number of alkyl halides is 2. The minimum atomic E-state index is -1.11. The van der Waals surface area contributed by atoms with Crippen LogP contribution in [0.3, 0.4) is 0 Å². The van der Waals surface area contributed by atoms with Crippen molar-refractivity contribution >= 4 is 27.5 Å². The molecule has 8 rings (SSSR count). The minimum absolute atomic E-state index is 0. The molecule has 0 spiro atoms. The van der Waals surface area contributed by atoms with E-state index in [4.69, 9.17) is 11.2 Å². The van der Waals surface area contributed by atoms with Crippen molar-refractivity contribution in [1.82, 2.24) is 24.8 Å². The van der Waals surface area contributed by atoms with Gasteiger partial charge >= 0.3 is 6.01 Å². The summed E-state index contributed by atoms with van der Waals surface area (Å²) in [6, 6.07) is 2.93. The van der Waals surface area contributed by atoms with E-state index in [9.17, 15) is 18.3 Å². The average Bonchev–Trinajstić information content (AvgIpc) is 3.30. The number of rotatable bonds is 2. The number of nitrogens with zero attached hydrogens (tertiary/aromatic N) is 6. The molecule has 6 heterocycles. The molecule has 0 amide bonds. The van der Waals surface area contributed by atoms with Crippen LogP contribution in [0.2, 0.25) is 0 Å². The predicted octanol–water partition coefficient (Wildman–Crippen LogP) is 4.73. The van der Waals surface area contributed by atoms with Crippen LogP contribution in [0.25, 0.3) is 32.9 Å². The van der Waals surface area contributed by atoms with E-state index in [2.05, 4.69) is 30.8 Å². The number of pyridine rings is 2. The number of hydrogen-bond donors (Lipinski definition) is 1. The summed E-state index contributed by atoms with van der Waals surface area (Å²) in [6.45, 7) is 2.72. The van der Waals surface area contributed by atoms with Crippen LogP contribution in [0.5, 0.6) is 6.01 Å². The Balaban J connectivity index is 0.000000293. The van der Waals surface area contributed by atoms with Gasteiger partial charge in [0, 0.05) is 78.5 Å². The number of terminal acetylenes is 1. The van der Waals surface area contributed by atoms with Crippen molar-refractivity contribution in [2.24, 2.45) is 5.92 Å². The smallest absolute Gasteiger partial charge is 0.316 e. The zero-order valence-corrected chi connectivity index (χ0v) is 27.6. The van der Waals surface area contributed by atoms with Crippen LogP contribution < -0.4 is 4.90 Å². The van der Waals surface area contributed by atoms with Gasteiger partial charge in [0.1, 0.15) is 29.0 Å². The second-order valence-electron chi connectivity index (χ2n) is 11.2. The molecule has 4 fully saturated rings. The topological polar surface area (TPSA) is 87.5 Å². The second-order valence-corrected chi connectivity index (χ2v) is 11.2. The van der Waals surface area contributed by atoms with E-state index in [-0.39, 0.29) is 82.6 Å². The van der Waals surface area contributed by atoms with Crippen LogP contribution in [-0.2, 0) is 4.74 Å². The van der Waals surface area contributed by atoms with Crippen LogP contribution in [-0.4, -0.2) is 81.2 Å². The monoisotopic (exact) mass is 829 g/mol. The van der Waals surface area contributed by atoms with Crippen LogP contribution in [0, 0.1) is 67.1 Å². The molecule has 3 saturated heterocycles. The predicted molar refractivity (Wildman–Crippen MR) is 151 cm³/mol. The van der Waals surface area contributed by atoms with Crippen molar-refractivity contribution in [1.29, 1.82) is 0 Å². The summed E-state index contributed by atoms with van der Waals surface area (Å²) in [5.41, 5.74) is -0.233. The van der Waals surface area contributed by atoms with Crippen molar-refractivity contribution in [3.63, 3.8) is 0 Å². The first kappa shape index (κ1) is 31.0. The summed E-state index contributed by atoms with van der Waals surface area (Å²) in [6.07, 6.45) is 11.2. The van der Waals surface area contributed by atoms with Crippen LogP contribution >= 0.6 is 0 Å². The molecule has 44 heavy (non-hydrogen) atoms. The summed E-state index contributed by atoms with van der Waals surface area (Å²) in [7, 11) is 0. The number of hydrogen-bond acceptors (Lipinski definition) is 8. The third-order valence-corrected chi connectivity index (χ3v) is 8.59. The number of fused-ring (bicyclic) bond motifs is 4. The van der Waals surface area contributed by atoms with Gasteiger partial charge < -0.3 is 19.6 Å². The molecular weight excluding hydrogens is 802 g/mol. The van der Waals surface area contributed by atoms with Gasteiger partial charge in [0.05, 0.1) is 36.4 Å². The maximum Gasteiger partial charge on any atom is 0.316 e. The van der Waals surface area contributed by atoms with E-state index < -0.39 is 36.0 Å². The van der Waals surface area contributed by atoms with Crippen molar-refractivity contribution in [2.75, 3.05) is 37.7 Å². The third kappa shape index (κ3) is 5.40. The number of aromatic hydroxyl groups is 1. The first-order valence-electron chi connectivity index (χ1n) is 14.2. The number of aromatic nitrogens is 4. The first-order valence-corrected chi connectivity index (χ1v) is 14.2. The maximum absolute atomic E-state index is 15.9. The molecule has 0 unspecified atom stereocenters. The van der Waals surface area contributed by atoms with E-state index >= 15 is 4.39 Å². The zero-order valence-electron chi connectivity index (χ0n) is 23.5. The van der Waals surface area contributed by atoms with Gasteiger partial charge in [-0.05, 0) is 25.2 Å². The van der Waals surface area contributed by atoms with Crippen LogP contribution in [0.15, 0.2) is 30.7 Å². The van der Waals surface area contributed by atoms with Gasteiger partial charge in [0.25, 0.3) is 0 Å². The Hall–Kier alpha value is -3.03. The van der Waals surface area contributed by atoms with Crippen LogP contribution in [0.1, 0.15) is 24.8 Å². The number of anilines is 1. The summed E-state index contributed by atoms with van der Waals surface area (Å²) >= 11 is 0. The SMILES string of the molecule is C#Cc1c(F)ccc2cncc(-c3ncc4c(N5CCOC[C@H]6[C@H](F)[C@H]65)nc(O)nc4c3F)c12.F[C@@H]1C[C-]2CCCN2C1.[U]. The number of ether oxygens (including phenoxy) is 1. The maximum atomic E-state index is 15.9. The molecule has 4 aliphatic rings. The van der Waals surface area contributed by atoms with Crippen molar-refractivity contribution in [2.45, 2.75) is 37.6 Å². The Bertz CT molecular complexity index is 1760. The number of benzene rings is 1. The molecule has 1 aromatic carbocycles. The largest absolute Gasteiger partial charge is 0.479 e. The molecule has 1 saturated carbocycles. The Kier molecular flexibility index (Phi) is 8.73. The molecule has 4 aromatic rings. The summed E-state index contributed by atoms with van der Waals surface area (Å²) in [5, 5.41) is 11.2. The fraction of sp³-hybridized carbons (Fsp3) is 0.387. The Morgan fingerprint density at radius 1 is 1.11 bits per heavy atom. The summed E-state index contributed by atoms with van der Waals surface area (Å²) < 4.78 is 62.6. The van der Waals surface area contributed by atoms with E-state index in [1.807, 2.05) is 0 Å². The van der Waals surface area contributed by atoms with Gasteiger partial charge in [-0.3, -0.25) is 9.97 Å².